The molecule has 0 aliphatic heterocycles. The molecule has 2 rings (SSSR count). The number of rotatable bonds is 4. The fraction of sp³-hybridized carbons (Fsp3) is 0.250. The van der Waals surface area contributed by atoms with Crippen molar-refractivity contribution in [3.63, 3.8) is 0 Å². The first kappa shape index (κ1) is 16.2. The largest absolute Gasteiger partial charge is 0.279 e. The van der Waals surface area contributed by atoms with Crippen LogP contribution < -0.4 is 10.9 Å². The van der Waals surface area contributed by atoms with E-state index in [9.17, 15) is 14.0 Å². The Morgan fingerprint density at radius 2 is 2.00 bits per heavy atom. The van der Waals surface area contributed by atoms with Crippen LogP contribution in [-0.2, 0) is 17.6 Å². The van der Waals surface area contributed by atoms with Crippen LogP contribution in [0.15, 0.2) is 30.3 Å². The summed E-state index contributed by atoms with van der Waals surface area (Å²) < 4.78 is 13.0. The molecule has 22 heavy (non-hydrogen) atoms. The van der Waals surface area contributed by atoms with Crippen LogP contribution in [-0.4, -0.2) is 11.8 Å². The number of halogens is 1. The number of thiophene rings is 1. The summed E-state index contributed by atoms with van der Waals surface area (Å²) in [5.41, 5.74) is 6.34. The Balaban J connectivity index is 1.89. The van der Waals surface area contributed by atoms with E-state index in [0.717, 1.165) is 16.9 Å². The second kappa shape index (κ2) is 7.17. The van der Waals surface area contributed by atoms with Crippen LogP contribution in [0.5, 0.6) is 0 Å². The Kier molecular flexibility index (Phi) is 5.27. The second-order valence-electron chi connectivity index (χ2n) is 4.88. The summed E-state index contributed by atoms with van der Waals surface area (Å²) in [5, 5.41) is 0. The van der Waals surface area contributed by atoms with Crippen molar-refractivity contribution in [3.8, 4) is 0 Å². The quantitative estimate of drug-likeness (QED) is 0.851. The number of benzene rings is 1. The van der Waals surface area contributed by atoms with E-state index >= 15 is 0 Å². The van der Waals surface area contributed by atoms with Gasteiger partial charge < -0.3 is 0 Å². The Morgan fingerprint density at radius 1 is 1.23 bits per heavy atom. The Bertz CT molecular complexity index is 697. The summed E-state index contributed by atoms with van der Waals surface area (Å²) in [5.74, 6) is -1.14. The molecular formula is C16H17FN2O2S. The first-order valence-electron chi connectivity index (χ1n) is 6.92. The van der Waals surface area contributed by atoms with E-state index in [-0.39, 0.29) is 12.3 Å². The minimum atomic E-state index is -0.400. The summed E-state index contributed by atoms with van der Waals surface area (Å²) in [6, 6.07) is 7.60. The minimum absolute atomic E-state index is 0.00170. The zero-order valence-electron chi connectivity index (χ0n) is 12.4. The predicted octanol–water partition coefficient (Wildman–Crippen LogP) is 2.76. The normalized spacial score (nSPS) is 10.3. The first-order chi connectivity index (χ1) is 10.5. The lowest BCUT2D eigenvalue weighted by Gasteiger charge is -2.06. The highest BCUT2D eigenvalue weighted by atomic mass is 32.1. The number of carbonyl (C=O) groups is 2. The van der Waals surface area contributed by atoms with Crippen LogP contribution in [0.1, 0.15) is 32.6 Å². The third-order valence-corrected chi connectivity index (χ3v) is 4.51. The number of amides is 2. The number of nitrogens with one attached hydrogen (secondary N) is 2. The molecule has 4 nitrogen and oxygen atoms in total. The molecule has 2 amide bonds. The molecule has 0 saturated heterocycles. The molecule has 2 aromatic rings. The van der Waals surface area contributed by atoms with E-state index < -0.39 is 11.7 Å². The van der Waals surface area contributed by atoms with E-state index in [1.54, 1.807) is 12.1 Å². The van der Waals surface area contributed by atoms with Crippen molar-refractivity contribution in [1.29, 1.82) is 0 Å². The smallest absolute Gasteiger partial charge is 0.273 e. The van der Waals surface area contributed by atoms with Crippen molar-refractivity contribution in [2.45, 2.75) is 26.7 Å². The first-order valence-corrected chi connectivity index (χ1v) is 7.74. The molecule has 6 heteroatoms. The molecule has 0 aliphatic rings. The van der Waals surface area contributed by atoms with Crippen LogP contribution in [0.2, 0.25) is 0 Å². The lowest BCUT2D eigenvalue weighted by atomic mass is 10.1. The molecule has 116 valence electrons. The zero-order valence-corrected chi connectivity index (χ0v) is 13.2. The van der Waals surface area contributed by atoms with Crippen LogP contribution >= 0.6 is 11.3 Å². The highest BCUT2D eigenvalue weighted by molar-refractivity contribution is 7.14. The highest BCUT2D eigenvalue weighted by Gasteiger charge is 2.12. The topological polar surface area (TPSA) is 58.2 Å². The second-order valence-corrected chi connectivity index (χ2v) is 6.02. The van der Waals surface area contributed by atoms with Gasteiger partial charge in [-0.1, -0.05) is 19.1 Å². The zero-order chi connectivity index (χ0) is 16.1. The third-order valence-electron chi connectivity index (χ3n) is 3.13. The summed E-state index contributed by atoms with van der Waals surface area (Å²) in [4.78, 5) is 25.4. The van der Waals surface area contributed by atoms with Gasteiger partial charge in [0, 0.05) is 4.88 Å². The van der Waals surface area contributed by atoms with Crippen molar-refractivity contribution in [3.05, 3.63) is 57.0 Å². The van der Waals surface area contributed by atoms with E-state index in [0.29, 0.717) is 10.4 Å². The third kappa shape index (κ3) is 4.14. The highest BCUT2D eigenvalue weighted by Crippen LogP contribution is 2.21. The molecule has 0 bridgehead atoms. The van der Waals surface area contributed by atoms with E-state index in [1.807, 2.05) is 13.8 Å². The molecule has 0 fully saturated rings. The summed E-state index contributed by atoms with van der Waals surface area (Å²) in [7, 11) is 0. The van der Waals surface area contributed by atoms with Crippen LogP contribution in [0, 0.1) is 12.7 Å². The average molecular weight is 320 g/mol. The van der Waals surface area contributed by atoms with Gasteiger partial charge in [0.2, 0.25) is 5.91 Å². The minimum Gasteiger partial charge on any atom is -0.273 e. The number of aryl methyl sites for hydroxylation is 2. The monoisotopic (exact) mass is 320 g/mol. The summed E-state index contributed by atoms with van der Waals surface area (Å²) in [6.45, 7) is 3.98. The molecule has 1 aromatic heterocycles. The molecule has 2 N–H and O–H groups in total. The fourth-order valence-corrected chi connectivity index (χ4v) is 3.06. The number of hydrogen-bond acceptors (Lipinski definition) is 3. The van der Waals surface area contributed by atoms with Gasteiger partial charge in [0.1, 0.15) is 5.82 Å². The fourth-order valence-electron chi connectivity index (χ4n) is 2.05. The number of hydrazine groups is 1. The Labute approximate surface area is 132 Å². The van der Waals surface area contributed by atoms with Crippen molar-refractivity contribution >= 4 is 23.2 Å². The molecule has 0 saturated carbocycles. The predicted molar refractivity (Wildman–Crippen MR) is 84.1 cm³/mol. The van der Waals surface area contributed by atoms with Gasteiger partial charge in [0.05, 0.1) is 11.3 Å². The maximum Gasteiger partial charge on any atom is 0.279 e. The maximum absolute atomic E-state index is 13.0. The number of carbonyl (C=O) groups excluding carboxylic acids is 2. The van der Waals surface area contributed by atoms with Gasteiger partial charge in [-0.05, 0) is 42.7 Å². The van der Waals surface area contributed by atoms with Crippen LogP contribution in [0.4, 0.5) is 4.39 Å². The van der Waals surface area contributed by atoms with E-state index in [1.165, 1.54) is 29.5 Å². The van der Waals surface area contributed by atoms with Crippen molar-refractivity contribution < 1.29 is 14.0 Å². The average Bonchev–Trinajstić information content (AvgIpc) is 2.86. The molecular weight excluding hydrogens is 303 g/mol. The summed E-state index contributed by atoms with van der Waals surface area (Å²) >= 11 is 1.41. The van der Waals surface area contributed by atoms with Crippen molar-refractivity contribution in [2.75, 3.05) is 0 Å². The van der Waals surface area contributed by atoms with Gasteiger partial charge in [-0.3, -0.25) is 20.4 Å². The molecule has 0 spiro atoms. The van der Waals surface area contributed by atoms with E-state index in [4.69, 9.17) is 0 Å². The van der Waals surface area contributed by atoms with Gasteiger partial charge in [-0.15, -0.1) is 11.3 Å². The van der Waals surface area contributed by atoms with Gasteiger partial charge in [-0.2, -0.15) is 0 Å². The van der Waals surface area contributed by atoms with Crippen LogP contribution in [0.25, 0.3) is 0 Å². The maximum atomic E-state index is 13.0. The molecule has 0 atom stereocenters. The molecule has 0 radical (unpaired) electrons. The summed E-state index contributed by atoms with van der Waals surface area (Å²) in [6.07, 6.45) is 0.872. The molecule has 0 aliphatic carbocycles. The Morgan fingerprint density at radius 3 is 2.64 bits per heavy atom. The number of hydrogen-bond donors (Lipinski definition) is 2. The lowest BCUT2D eigenvalue weighted by Crippen LogP contribution is -2.42. The molecule has 1 heterocycles. The molecule has 1 aromatic carbocycles. The van der Waals surface area contributed by atoms with Gasteiger partial charge >= 0.3 is 0 Å². The van der Waals surface area contributed by atoms with Crippen molar-refractivity contribution in [2.24, 2.45) is 0 Å². The SMILES string of the molecule is CCc1sc(C(=O)NNC(=O)Cc2cccc(F)c2)cc1C. The lowest BCUT2D eigenvalue weighted by molar-refractivity contribution is -0.121. The van der Waals surface area contributed by atoms with Crippen LogP contribution in [0.3, 0.4) is 0 Å². The van der Waals surface area contributed by atoms with Gasteiger partial charge in [0.25, 0.3) is 5.91 Å². The van der Waals surface area contributed by atoms with Crippen molar-refractivity contribution in [1.82, 2.24) is 10.9 Å². The standard InChI is InChI=1S/C16H17FN2O2S/c1-3-13-10(2)7-14(22-13)16(21)19-18-15(20)9-11-5-4-6-12(17)8-11/h4-8H,3,9H2,1-2H3,(H,18,20)(H,19,21). The van der Waals surface area contributed by atoms with E-state index in [2.05, 4.69) is 10.9 Å². The molecule has 0 unspecified atom stereocenters. The van der Waals surface area contributed by atoms with Gasteiger partial charge in [0.15, 0.2) is 0 Å². The Hall–Kier alpha value is -2.21. The van der Waals surface area contributed by atoms with Gasteiger partial charge in [-0.25, -0.2) is 4.39 Å².